The van der Waals surface area contributed by atoms with E-state index in [-0.39, 0.29) is 24.6 Å². The molecular formula is C36H38FN5O4S. The molecule has 0 atom stereocenters. The van der Waals surface area contributed by atoms with Gasteiger partial charge in [0.05, 0.1) is 10.6 Å². The maximum Gasteiger partial charge on any atom is 0.302 e. The fourth-order valence-corrected chi connectivity index (χ4v) is 8.43. The van der Waals surface area contributed by atoms with Gasteiger partial charge in [-0.3, -0.25) is 19.3 Å². The lowest BCUT2D eigenvalue weighted by atomic mass is 9.91. The van der Waals surface area contributed by atoms with Gasteiger partial charge in [0.15, 0.2) is 0 Å². The van der Waals surface area contributed by atoms with Crippen LogP contribution in [0.15, 0.2) is 41.3 Å². The Labute approximate surface area is 276 Å². The number of nitrogens with one attached hydrogen (secondary N) is 2. The number of amides is 1. The summed E-state index contributed by atoms with van der Waals surface area (Å²) in [4.78, 5) is 52.5. The molecule has 1 aliphatic carbocycles. The molecule has 0 fully saturated rings. The molecule has 3 aromatic heterocycles. The maximum atomic E-state index is 15.5. The van der Waals surface area contributed by atoms with Crippen molar-refractivity contribution in [3.8, 4) is 11.1 Å². The van der Waals surface area contributed by atoms with Crippen LogP contribution >= 0.6 is 11.3 Å². The second-order valence-corrected chi connectivity index (χ2v) is 13.6. The number of H-pyrrole nitrogens is 1. The van der Waals surface area contributed by atoms with Gasteiger partial charge >= 0.3 is 5.97 Å². The number of halogens is 1. The summed E-state index contributed by atoms with van der Waals surface area (Å²) in [5.41, 5.74) is 6.75. The summed E-state index contributed by atoms with van der Waals surface area (Å²) in [6.45, 7) is 6.76. The predicted octanol–water partition coefficient (Wildman–Crippen LogP) is 5.77. The third-order valence-corrected chi connectivity index (χ3v) is 10.9. The van der Waals surface area contributed by atoms with Crippen LogP contribution in [0.1, 0.15) is 74.7 Å². The van der Waals surface area contributed by atoms with Gasteiger partial charge in [-0.05, 0) is 90.7 Å². The Hall–Kier alpha value is -4.35. The first-order valence-electron chi connectivity index (χ1n) is 16.4. The molecule has 1 aromatic carbocycles. The number of aromatic nitrogens is 2. The van der Waals surface area contributed by atoms with Crippen LogP contribution in [0.25, 0.3) is 11.1 Å². The first-order chi connectivity index (χ1) is 22.8. The smallest absolute Gasteiger partial charge is 0.302 e. The van der Waals surface area contributed by atoms with Crippen LogP contribution in [0.2, 0.25) is 0 Å². The average molecular weight is 656 g/mol. The highest BCUT2D eigenvalue weighted by atomic mass is 32.1. The van der Waals surface area contributed by atoms with Crippen molar-refractivity contribution < 1.29 is 18.7 Å². The molecular weight excluding hydrogens is 617 g/mol. The normalized spacial score (nSPS) is 16.0. The Kier molecular flexibility index (Phi) is 8.67. The third kappa shape index (κ3) is 6.21. The fourth-order valence-electron chi connectivity index (χ4n) is 7.04. The lowest BCUT2D eigenvalue weighted by Crippen LogP contribution is -2.38. The van der Waals surface area contributed by atoms with Gasteiger partial charge in [-0.25, -0.2) is 9.37 Å². The van der Waals surface area contributed by atoms with Gasteiger partial charge in [-0.2, -0.15) is 0 Å². The number of esters is 1. The number of thiophene rings is 1. The molecule has 5 heterocycles. The summed E-state index contributed by atoms with van der Waals surface area (Å²) in [5, 5.41) is 3.28. The summed E-state index contributed by atoms with van der Waals surface area (Å²) < 4.78 is 20.9. The molecule has 0 saturated carbocycles. The first kappa shape index (κ1) is 31.3. The van der Waals surface area contributed by atoms with E-state index in [4.69, 9.17) is 9.72 Å². The van der Waals surface area contributed by atoms with E-state index in [1.807, 2.05) is 6.07 Å². The van der Waals surface area contributed by atoms with Gasteiger partial charge < -0.3 is 19.9 Å². The molecule has 3 aliphatic rings. The number of aryl methyl sites for hydroxylation is 1. The Bertz CT molecular complexity index is 1940. The highest BCUT2D eigenvalue weighted by molar-refractivity contribution is 7.14. The number of likely N-dealkylation sites (N-methyl/N-ethyl adjacent to an activating group) is 1. The van der Waals surface area contributed by atoms with E-state index in [9.17, 15) is 14.4 Å². The van der Waals surface area contributed by atoms with Gasteiger partial charge in [0.2, 0.25) is 0 Å². The largest absolute Gasteiger partial charge is 0.461 e. The number of ether oxygens (including phenoxy) is 1. The Morgan fingerprint density at radius 3 is 2.77 bits per heavy atom. The molecule has 0 radical (unpaired) electrons. The average Bonchev–Trinajstić information content (AvgIpc) is 3.46. The molecule has 4 aromatic rings. The van der Waals surface area contributed by atoms with Crippen molar-refractivity contribution in [3.63, 3.8) is 0 Å². The van der Waals surface area contributed by atoms with E-state index in [0.29, 0.717) is 46.7 Å². The van der Waals surface area contributed by atoms with Crippen molar-refractivity contribution in [2.45, 2.75) is 72.1 Å². The van der Waals surface area contributed by atoms with Gasteiger partial charge in [-0.1, -0.05) is 13.0 Å². The van der Waals surface area contributed by atoms with E-state index in [2.05, 4.69) is 28.2 Å². The van der Waals surface area contributed by atoms with Crippen LogP contribution in [0.3, 0.4) is 0 Å². The number of carbonyl (C=O) groups excluding carboxylic acids is 2. The quantitative estimate of drug-likeness (QED) is 0.232. The van der Waals surface area contributed by atoms with Crippen molar-refractivity contribution in [1.29, 1.82) is 0 Å². The number of fused-ring (bicyclic) bond motifs is 4. The van der Waals surface area contributed by atoms with Gasteiger partial charge in [0.25, 0.3) is 11.5 Å². The van der Waals surface area contributed by atoms with Gasteiger partial charge in [0.1, 0.15) is 18.2 Å². The molecule has 0 bridgehead atoms. The Morgan fingerprint density at radius 2 is 1.94 bits per heavy atom. The van der Waals surface area contributed by atoms with E-state index < -0.39 is 11.8 Å². The topological polar surface area (TPSA) is 108 Å². The summed E-state index contributed by atoms with van der Waals surface area (Å²) in [6, 6.07) is 8.43. The highest BCUT2D eigenvalue weighted by Gasteiger charge is 2.34. The molecule has 9 nitrogen and oxygen atoms in total. The summed E-state index contributed by atoms with van der Waals surface area (Å²) in [6.07, 6.45) is 7.34. The number of hydrogen-bond donors (Lipinski definition) is 2. The molecule has 11 heteroatoms. The highest BCUT2D eigenvalue weighted by Crippen LogP contribution is 2.41. The lowest BCUT2D eigenvalue weighted by molar-refractivity contribution is -0.142. The van der Waals surface area contributed by atoms with Crippen LogP contribution in [-0.4, -0.2) is 46.4 Å². The van der Waals surface area contributed by atoms with Crippen LogP contribution in [0.5, 0.6) is 0 Å². The van der Waals surface area contributed by atoms with Crippen LogP contribution in [0, 0.1) is 5.82 Å². The number of benzene rings is 1. The molecule has 7 rings (SSSR count). The number of pyridine rings is 2. The first-order valence-corrected chi connectivity index (χ1v) is 17.2. The van der Waals surface area contributed by atoms with Crippen molar-refractivity contribution >= 4 is 34.7 Å². The second kappa shape index (κ2) is 13.0. The number of rotatable bonds is 8. The minimum Gasteiger partial charge on any atom is -0.461 e. The van der Waals surface area contributed by atoms with Crippen molar-refractivity contribution in [2.75, 3.05) is 29.9 Å². The number of anilines is 2. The predicted molar refractivity (Wildman–Crippen MR) is 180 cm³/mol. The maximum absolute atomic E-state index is 15.5. The minimum atomic E-state index is -0.531. The van der Waals surface area contributed by atoms with Crippen LogP contribution in [-0.2, 0) is 54.9 Å². The zero-order chi connectivity index (χ0) is 32.7. The molecule has 0 spiro atoms. The zero-order valence-electron chi connectivity index (χ0n) is 26.7. The van der Waals surface area contributed by atoms with E-state index in [0.717, 1.165) is 67.9 Å². The lowest BCUT2D eigenvalue weighted by Gasteiger charge is -2.30. The monoisotopic (exact) mass is 655 g/mol. The number of aromatic amines is 1. The van der Waals surface area contributed by atoms with Crippen LogP contribution in [0.4, 0.5) is 15.9 Å². The SMILES string of the molecule is CCN1CCc2nc(NCc3cc(-c4cc(F)cc(N5CCc6c(sc7c6CCCC7)C5=O)c4COC(C)=O)c[nH]c3=O)ccc2C1. The molecule has 1 amide bonds. The number of carbonyl (C=O) groups is 2. The summed E-state index contributed by atoms with van der Waals surface area (Å²) in [5.74, 6) is -0.495. The molecule has 2 aliphatic heterocycles. The number of nitrogens with zero attached hydrogens (tertiary/aromatic N) is 3. The summed E-state index contributed by atoms with van der Waals surface area (Å²) >= 11 is 1.56. The molecule has 2 N–H and O–H groups in total. The molecule has 0 saturated heterocycles. The Balaban J connectivity index is 1.20. The fraction of sp³-hybridized carbons (Fsp3) is 0.389. The van der Waals surface area contributed by atoms with E-state index in [1.165, 1.54) is 41.3 Å². The van der Waals surface area contributed by atoms with Crippen molar-refractivity contribution in [1.82, 2.24) is 14.9 Å². The Morgan fingerprint density at radius 1 is 1.09 bits per heavy atom. The van der Waals surface area contributed by atoms with Gasteiger partial charge in [0, 0.05) is 67.4 Å². The van der Waals surface area contributed by atoms with Crippen LogP contribution < -0.4 is 15.8 Å². The second-order valence-electron chi connectivity index (χ2n) is 12.5. The summed E-state index contributed by atoms with van der Waals surface area (Å²) in [7, 11) is 0. The zero-order valence-corrected chi connectivity index (χ0v) is 27.5. The van der Waals surface area contributed by atoms with Gasteiger partial charge in [-0.15, -0.1) is 11.3 Å². The third-order valence-electron chi connectivity index (χ3n) is 9.53. The number of hydrogen-bond acceptors (Lipinski definition) is 8. The molecule has 0 unspecified atom stereocenters. The minimum absolute atomic E-state index is 0.154. The molecule has 244 valence electrons. The van der Waals surface area contributed by atoms with Crippen molar-refractivity contribution in [2.24, 2.45) is 0 Å². The molecule has 47 heavy (non-hydrogen) atoms. The van der Waals surface area contributed by atoms with E-state index >= 15 is 4.39 Å². The van der Waals surface area contributed by atoms with Crippen molar-refractivity contribution in [3.05, 3.63) is 96.0 Å². The van der Waals surface area contributed by atoms with E-state index in [1.54, 1.807) is 22.3 Å². The standard InChI is InChI=1S/C36H38FN5O4S/c1-3-41-12-11-30-22(19-41)8-9-33(40-30)38-18-24-14-23(17-39-35(24)44)28-15-25(37)16-31(29(28)20-46-21(2)43)42-13-10-27-26-6-4-5-7-32(26)47-34(27)36(42)45/h8-9,14-17H,3-7,10-13,18-20H2,1-2H3,(H,38,40)(H,39,44).